The van der Waals surface area contributed by atoms with Crippen LogP contribution >= 0.6 is 0 Å². The molecule has 0 saturated heterocycles. The van der Waals surface area contributed by atoms with Gasteiger partial charge in [0.05, 0.1) is 10.8 Å². The van der Waals surface area contributed by atoms with Gasteiger partial charge >= 0.3 is 0 Å². The topological polar surface area (TPSA) is 20.3 Å². The summed E-state index contributed by atoms with van der Waals surface area (Å²) in [4.78, 5) is 3.35. The van der Waals surface area contributed by atoms with E-state index in [1.165, 1.54) is 5.56 Å². The number of rotatable bonds is 4. The van der Waals surface area contributed by atoms with Gasteiger partial charge in [0.1, 0.15) is 0 Å². The lowest BCUT2D eigenvalue weighted by atomic mass is 10.2. The Balaban J connectivity index is 1.82. The van der Waals surface area contributed by atoms with E-state index >= 15 is 0 Å². The second kappa shape index (κ2) is 6.75. The van der Waals surface area contributed by atoms with Crippen molar-refractivity contribution >= 4 is 10.8 Å². The van der Waals surface area contributed by atoms with E-state index in [9.17, 15) is 4.21 Å². The van der Waals surface area contributed by atoms with Crippen molar-refractivity contribution in [1.82, 2.24) is 4.90 Å². The molecule has 1 aliphatic heterocycles. The molecule has 0 saturated carbocycles. The SMILES string of the molecule is [2H][C@H]1C=CN(Cc2ccccc2)C=C1S(=O)c1ccc(C)cc1. The lowest BCUT2D eigenvalue weighted by Gasteiger charge is -2.21. The Kier molecular flexibility index (Phi) is 4.15. The molecule has 22 heavy (non-hydrogen) atoms. The van der Waals surface area contributed by atoms with Crippen LogP contribution in [0.2, 0.25) is 0 Å². The molecule has 0 aliphatic carbocycles. The molecule has 2 aromatic rings. The lowest BCUT2D eigenvalue weighted by molar-refractivity contribution is 0.490. The van der Waals surface area contributed by atoms with Gasteiger partial charge in [0.25, 0.3) is 0 Å². The van der Waals surface area contributed by atoms with Crippen molar-refractivity contribution in [3.05, 3.63) is 89.1 Å². The zero-order valence-corrected chi connectivity index (χ0v) is 13.3. The van der Waals surface area contributed by atoms with Gasteiger partial charge < -0.3 is 4.90 Å². The highest BCUT2D eigenvalue weighted by Crippen LogP contribution is 2.23. The Bertz CT molecular complexity index is 753. The molecule has 3 rings (SSSR count). The molecule has 1 heterocycles. The number of hydrogen-bond donors (Lipinski definition) is 0. The quantitative estimate of drug-likeness (QED) is 0.836. The van der Waals surface area contributed by atoms with Crippen LogP contribution in [0.25, 0.3) is 0 Å². The summed E-state index contributed by atoms with van der Waals surface area (Å²) in [5, 5.41) is 0. The minimum atomic E-state index is -1.31. The fraction of sp³-hybridized carbons (Fsp3) is 0.158. The second-order valence-electron chi connectivity index (χ2n) is 5.28. The maximum atomic E-state index is 12.8. The van der Waals surface area contributed by atoms with Crippen LogP contribution in [0.5, 0.6) is 0 Å². The molecule has 0 radical (unpaired) electrons. The summed E-state index contributed by atoms with van der Waals surface area (Å²) in [6.45, 7) is 2.71. The van der Waals surface area contributed by atoms with Crippen molar-refractivity contribution in [3.63, 3.8) is 0 Å². The van der Waals surface area contributed by atoms with Gasteiger partial charge in [0.2, 0.25) is 0 Å². The highest BCUT2D eigenvalue weighted by molar-refractivity contribution is 7.89. The van der Waals surface area contributed by atoms with Gasteiger partial charge in [-0.05, 0) is 24.6 Å². The number of aryl methyl sites for hydroxylation is 1. The van der Waals surface area contributed by atoms with Gasteiger partial charge in [0.15, 0.2) is 0 Å². The van der Waals surface area contributed by atoms with E-state index in [0.717, 1.165) is 10.5 Å². The predicted octanol–water partition coefficient (Wildman–Crippen LogP) is 4.36. The van der Waals surface area contributed by atoms with E-state index < -0.39 is 17.2 Å². The second-order valence-corrected chi connectivity index (χ2v) is 6.76. The highest BCUT2D eigenvalue weighted by atomic mass is 32.2. The third-order valence-electron chi connectivity index (χ3n) is 3.49. The van der Waals surface area contributed by atoms with E-state index in [1.54, 1.807) is 6.08 Å². The van der Waals surface area contributed by atoms with E-state index in [2.05, 4.69) is 12.1 Å². The zero-order valence-electron chi connectivity index (χ0n) is 13.5. The minimum Gasteiger partial charge on any atom is -0.349 e. The van der Waals surface area contributed by atoms with Crippen LogP contribution in [0.3, 0.4) is 0 Å². The van der Waals surface area contributed by atoms with Crippen LogP contribution in [-0.2, 0) is 17.3 Å². The molecule has 3 heteroatoms. The van der Waals surface area contributed by atoms with Crippen molar-refractivity contribution in [3.8, 4) is 0 Å². The maximum Gasteiger partial charge on any atom is 0.0826 e. The summed E-state index contributed by atoms with van der Waals surface area (Å²) in [5.41, 5.74) is 2.31. The molecule has 0 amide bonds. The third kappa shape index (κ3) is 3.55. The Morgan fingerprint density at radius 3 is 2.59 bits per heavy atom. The van der Waals surface area contributed by atoms with Crippen LogP contribution in [-0.4, -0.2) is 9.11 Å². The normalized spacial score (nSPS) is 19.5. The Morgan fingerprint density at radius 1 is 1.14 bits per heavy atom. The van der Waals surface area contributed by atoms with Gasteiger partial charge in [-0.25, -0.2) is 4.21 Å². The van der Waals surface area contributed by atoms with Crippen molar-refractivity contribution in [2.45, 2.75) is 24.8 Å². The van der Waals surface area contributed by atoms with Crippen LogP contribution < -0.4 is 0 Å². The molecule has 0 spiro atoms. The number of nitrogens with zero attached hydrogens (tertiary/aromatic N) is 1. The first kappa shape index (κ1) is 13.5. The van der Waals surface area contributed by atoms with E-state index in [4.69, 9.17) is 1.37 Å². The summed E-state index contributed by atoms with van der Waals surface area (Å²) >= 11 is 0. The maximum absolute atomic E-state index is 12.8. The molecule has 1 unspecified atom stereocenters. The van der Waals surface area contributed by atoms with Crippen molar-refractivity contribution in [2.24, 2.45) is 0 Å². The standard InChI is InChI=1S/C19H19NOS/c1-16-9-11-18(12-10-16)22(21)19-8-5-13-20(15-19)14-17-6-3-2-4-7-17/h2-7,9-13,15H,8,14H2,1H3/i8D/t8-,22?/m0/s1. The van der Waals surface area contributed by atoms with E-state index in [0.29, 0.717) is 11.4 Å². The average molecular weight is 310 g/mol. The summed E-state index contributed by atoms with van der Waals surface area (Å²) in [6, 6.07) is 17.8. The van der Waals surface area contributed by atoms with Crippen LogP contribution in [0, 0.1) is 6.92 Å². The molecular formula is C19H19NOS. The first-order valence-corrected chi connectivity index (χ1v) is 8.39. The van der Waals surface area contributed by atoms with Gasteiger partial charge in [-0.3, -0.25) is 0 Å². The van der Waals surface area contributed by atoms with E-state index in [-0.39, 0.29) is 0 Å². The smallest absolute Gasteiger partial charge is 0.0826 e. The molecule has 2 nitrogen and oxygen atoms in total. The van der Waals surface area contributed by atoms with Gasteiger partial charge in [-0.1, -0.05) is 54.1 Å². The fourth-order valence-electron chi connectivity index (χ4n) is 2.30. The number of allylic oxidation sites excluding steroid dienone is 2. The first-order chi connectivity index (χ1) is 11.1. The van der Waals surface area contributed by atoms with Crippen molar-refractivity contribution in [2.75, 3.05) is 0 Å². The molecule has 2 atom stereocenters. The van der Waals surface area contributed by atoms with Crippen molar-refractivity contribution in [1.29, 1.82) is 0 Å². The molecule has 0 bridgehead atoms. The van der Waals surface area contributed by atoms with Crippen LogP contribution in [0.15, 0.2) is 82.9 Å². The lowest BCUT2D eigenvalue weighted by Crippen LogP contribution is -2.14. The Labute approximate surface area is 135 Å². The number of benzene rings is 2. The van der Waals surface area contributed by atoms with Gasteiger partial charge in [-0.15, -0.1) is 0 Å². The predicted molar refractivity (Wildman–Crippen MR) is 91.4 cm³/mol. The average Bonchev–Trinajstić information content (AvgIpc) is 2.58. The molecule has 1 aliphatic rings. The first-order valence-electron chi connectivity index (χ1n) is 7.81. The number of hydrogen-bond acceptors (Lipinski definition) is 2. The third-order valence-corrected chi connectivity index (χ3v) is 4.86. The Hall–Kier alpha value is -2.13. The Morgan fingerprint density at radius 2 is 1.86 bits per heavy atom. The van der Waals surface area contributed by atoms with Crippen LogP contribution in [0.4, 0.5) is 0 Å². The summed E-state index contributed by atoms with van der Waals surface area (Å²) in [7, 11) is -1.31. The molecule has 0 aromatic heterocycles. The minimum absolute atomic E-state index is 0.566. The molecular weight excluding hydrogens is 290 g/mol. The van der Waals surface area contributed by atoms with Crippen molar-refractivity contribution < 1.29 is 5.58 Å². The summed E-state index contributed by atoms with van der Waals surface area (Å²) in [6.07, 6.45) is 4.95. The molecule has 0 N–H and O–H groups in total. The molecule has 0 fully saturated rings. The molecule has 2 aromatic carbocycles. The fourth-order valence-corrected chi connectivity index (χ4v) is 3.39. The van der Waals surface area contributed by atoms with Gasteiger partial charge in [0, 0.05) is 36.5 Å². The highest BCUT2D eigenvalue weighted by Gasteiger charge is 2.13. The summed E-state index contributed by atoms with van der Waals surface area (Å²) < 4.78 is 20.9. The van der Waals surface area contributed by atoms with Gasteiger partial charge in [-0.2, -0.15) is 0 Å². The monoisotopic (exact) mass is 310 g/mol. The van der Waals surface area contributed by atoms with Crippen LogP contribution in [0.1, 0.15) is 18.9 Å². The molecule has 112 valence electrons. The largest absolute Gasteiger partial charge is 0.349 e. The summed E-state index contributed by atoms with van der Waals surface area (Å²) in [5.74, 6) is 0. The zero-order chi connectivity index (χ0) is 16.2. The van der Waals surface area contributed by atoms with E-state index in [1.807, 2.05) is 66.7 Å².